The van der Waals surface area contributed by atoms with Crippen molar-refractivity contribution in [3.05, 3.63) is 68.1 Å². The van der Waals surface area contributed by atoms with Gasteiger partial charge in [-0.1, -0.05) is 24.3 Å². The first kappa shape index (κ1) is 22.8. The van der Waals surface area contributed by atoms with Crippen LogP contribution < -0.4 is 4.74 Å². The monoisotopic (exact) mass is 564 g/mol. The van der Waals surface area contributed by atoms with E-state index in [-0.39, 0.29) is 30.2 Å². The fraction of sp³-hybridized carbons (Fsp3) is 0.261. The molecule has 3 amide bonds. The van der Waals surface area contributed by atoms with Gasteiger partial charge in [-0.3, -0.25) is 19.3 Å². The summed E-state index contributed by atoms with van der Waals surface area (Å²) in [6.07, 6.45) is 1.70. The number of hydrogen-bond acceptors (Lipinski definition) is 6. The second kappa shape index (κ2) is 10.5. The molecule has 0 bridgehead atoms. The van der Waals surface area contributed by atoms with E-state index in [4.69, 9.17) is 9.47 Å². The van der Waals surface area contributed by atoms with Crippen molar-refractivity contribution in [2.45, 2.75) is 6.54 Å². The second-order valence-electron chi connectivity index (χ2n) is 7.25. The van der Waals surface area contributed by atoms with Gasteiger partial charge in [0.05, 0.1) is 24.7 Å². The molecule has 2 aromatic carbocycles. The average molecular weight is 564 g/mol. The molecule has 0 spiro atoms. The minimum Gasteiger partial charge on any atom is -0.484 e. The highest BCUT2D eigenvalue weighted by atomic mass is 127. The predicted molar refractivity (Wildman–Crippen MR) is 130 cm³/mol. The van der Waals surface area contributed by atoms with Gasteiger partial charge < -0.3 is 14.4 Å². The van der Waals surface area contributed by atoms with E-state index in [2.05, 4.69) is 22.6 Å². The Kier molecular flexibility index (Phi) is 7.48. The molecule has 2 aromatic rings. The normalized spacial score (nSPS) is 17.8. The van der Waals surface area contributed by atoms with Crippen LogP contribution in [0.2, 0.25) is 0 Å². The van der Waals surface area contributed by atoms with Crippen LogP contribution in [0.15, 0.2) is 53.4 Å². The van der Waals surface area contributed by atoms with E-state index >= 15 is 0 Å². The topological polar surface area (TPSA) is 76.2 Å². The largest absolute Gasteiger partial charge is 0.484 e. The summed E-state index contributed by atoms with van der Waals surface area (Å²) in [5, 5.41) is -0.277. The molecule has 0 aromatic heterocycles. The number of hydrogen-bond donors (Lipinski definition) is 0. The molecular formula is C23H21IN2O5S. The Morgan fingerprint density at radius 1 is 1.06 bits per heavy atom. The van der Waals surface area contributed by atoms with Crippen LogP contribution in [0.5, 0.6) is 5.75 Å². The lowest BCUT2D eigenvalue weighted by atomic mass is 10.2. The van der Waals surface area contributed by atoms with Crippen molar-refractivity contribution in [3.63, 3.8) is 0 Å². The molecule has 0 unspecified atom stereocenters. The highest BCUT2D eigenvalue weighted by Gasteiger charge is 2.34. The maximum Gasteiger partial charge on any atom is 0.293 e. The van der Waals surface area contributed by atoms with Gasteiger partial charge in [0.15, 0.2) is 6.61 Å². The quantitative estimate of drug-likeness (QED) is 0.393. The number of amides is 3. The standard InChI is InChI=1S/C23H21IN2O5S/c24-18-5-1-17(2-6-18)14-26-22(28)20(32-23(26)29)13-16-3-7-19(8-4-16)31-15-21(27)25-9-11-30-12-10-25/h1-8,13H,9-12,14-15H2/b20-13+. The zero-order valence-corrected chi connectivity index (χ0v) is 20.1. The first-order valence-corrected chi connectivity index (χ1v) is 12.0. The van der Waals surface area contributed by atoms with Crippen molar-refractivity contribution in [1.82, 2.24) is 9.80 Å². The van der Waals surface area contributed by atoms with Crippen LogP contribution in [0.25, 0.3) is 6.08 Å². The molecule has 166 valence electrons. The molecule has 0 N–H and O–H groups in total. The summed E-state index contributed by atoms with van der Waals surface area (Å²) in [6, 6.07) is 14.8. The third-order valence-electron chi connectivity index (χ3n) is 5.03. The van der Waals surface area contributed by atoms with Gasteiger partial charge >= 0.3 is 0 Å². The van der Waals surface area contributed by atoms with E-state index in [0.29, 0.717) is 37.0 Å². The molecule has 32 heavy (non-hydrogen) atoms. The lowest BCUT2D eigenvalue weighted by Crippen LogP contribution is -2.42. The number of ether oxygens (including phenoxy) is 2. The summed E-state index contributed by atoms with van der Waals surface area (Å²) in [4.78, 5) is 40.6. The first-order chi connectivity index (χ1) is 15.5. The van der Waals surface area contributed by atoms with Crippen molar-refractivity contribution in [2.75, 3.05) is 32.9 Å². The van der Waals surface area contributed by atoms with Gasteiger partial charge in [0.2, 0.25) is 0 Å². The molecule has 0 radical (unpaired) electrons. The van der Waals surface area contributed by atoms with E-state index in [1.54, 1.807) is 35.2 Å². The van der Waals surface area contributed by atoms with E-state index in [9.17, 15) is 14.4 Å². The van der Waals surface area contributed by atoms with Crippen LogP contribution in [0.4, 0.5) is 4.79 Å². The molecular weight excluding hydrogens is 543 g/mol. The van der Waals surface area contributed by atoms with Crippen molar-refractivity contribution in [1.29, 1.82) is 0 Å². The Labute approximate surface area is 203 Å². The van der Waals surface area contributed by atoms with E-state index in [0.717, 1.165) is 26.5 Å². The molecule has 4 rings (SSSR count). The lowest BCUT2D eigenvalue weighted by molar-refractivity contribution is -0.137. The second-order valence-corrected chi connectivity index (χ2v) is 9.48. The number of rotatable bonds is 6. The number of carbonyl (C=O) groups excluding carboxylic acids is 3. The van der Waals surface area contributed by atoms with Crippen molar-refractivity contribution in [3.8, 4) is 5.75 Å². The van der Waals surface area contributed by atoms with Crippen LogP contribution in [0, 0.1) is 3.57 Å². The Morgan fingerprint density at radius 2 is 1.75 bits per heavy atom. The minimum absolute atomic E-state index is 0.0310. The summed E-state index contributed by atoms with van der Waals surface area (Å²) < 4.78 is 11.9. The summed E-state index contributed by atoms with van der Waals surface area (Å²) in [7, 11) is 0. The molecule has 0 saturated carbocycles. The summed E-state index contributed by atoms with van der Waals surface area (Å²) in [5.41, 5.74) is 1.68. The summed E-state index contributed by atoms with van der Waals surface area (Å²) in [5.74, 6) is 0.199. The fourth-order valence-corrected chi connectivity index (χ4v) is 4.47. The van der Waals surface area contributed by atoms with E-state index < -0.39 is 0 Å². The molecule has 2 aliphatic rings. The van der Waals surface area contributed by atoms with Gasteiger partial charge in [0.25, 0.3) is 17.1 Å². The van der Waals surface area contributed by atoms with Crippen molar-refractivity contribution in [2.24, 2.45) is 0 Å². The molecule has 7 nitrogen and oxygen atoms in total. The SMILES string of the molecule is O=C(COc1ccc(/C=C2/SC(=O)N(Cc3ccc(I)cc3)C2=O)cc1)N1CCOCC1. The van der Waals surface area contributed by atoms with Crippen LogP contribution in [0.1, 0.15) is 11.1 Å². The average Bonchev–Trinajstić information content (AvgIpc) is 3.07. The van der Waals surface area contributed by atoms with Crippen molar-refractivity contribution < 1.29 is 23.9 Å². The number of benzene rings is 2. The van der Waals surface area contributed by atoms with Crippen LogP contribution in [0.3, 0.4) is 0 Å². The van der Waals surface area contributed by atoms with E-state index in [1.165, 1.54) is 4.90 Å². The molecule has 9 heteroatoms. The zero-order valence-electron chi connectivity index (χ0n) is 17.2. The maximum absolute atomic E-state index is 12.7. The third kappa shape index (κ3) is 5.70. The van der Waals surface area contributed by atoms with Crippen LogP contribution in [-0.2, 0) is 20.9 Å². The number of imide groups is 1. The Morgan fingerprint density at radius 3 is 2.44 bits per heavy atom. The van der Waals surface area contributed by atoms with Crippen molar-refractivity contribution >= 4 is 57.5 Å². The van der Waals surface area contributed by atoms with Crippen LogP contribution >= 0.6 is 34.4 Å². The van der Waals surface area contributed by atoms with Gasteiger partial charge in [-0.15, -0.1) is 0 Å². The summed E-state index contributed by atoms with van der Waals surface area (Å²) in [6.45, 7) is 2.49. The van der Waals surface area contributed by atoms with Gasteiger partial charge in [-0.2, -0.15) is 0 Å². The fourth-order valence-electron chi connectivity index (χ4n) is 3.27. The smallest absolute Gasteiger partial charge is 0.293 e. The molecule has 2 saturated heterocycles. The predicted octanol–water partition coefficient (Wildman–Crippen LogP) is 3.77. The molecule has 0 aliphatic carbocycles. The maximum atomic E-state index is 12.7. The minimum atomic E-state index is -0.296. The first-order valence-electron chi connectivity index (χ1n) is 10.1. The van der Waals surface area contributed by atoms with Gasteiger partial charge in [0.1, 0.15) is 5.75 Å². The Balaban J connectivity index is 1.35. The molecule has 2 fully saturated rings. The lowest BCUT2D eigenvalue weighted by Gasteiger charge is -2.26. The number of nitrogens with zero attached hydrogens (tertiary/aromatic N) is 2. The Bertz CT molecular complexity index is 1030. The molecule has 0 atom stereocenters. The molecule has 2 aliphatic heterocycles. The van der Waals surface area contributed by atoms with E-state index in [1.807, 2.05) is 24.3 Å². The molecule has 2 heterocycles. The van der Waals surface area contributed by atoms with Gasteiger partial charge in [-0.25, -0.2) is 0 Å². The summed E-state index contributed by atoms with van der Waals surface area (Å²) >= 11 is 3.15. The number of thioether (sulfide) groups is 1. The van der Waals surface area contributed by atoms with Crippen LogP contribution in [-0.4, -0.2) is 59.8 Å². The number of halogens is 1. The van der Waals surface area contributed by atoms with Gasteiger partial charge in [-0.05, 0) is 75.8 Å². The number of morpholine rings is 1. The zero-order chi connectivity index (χ0) is 22.5. The Hall–Kier alpha value is -2.37. The number of carbonyl (C=O) groups is 3. The van der Waals surface area contributed by atoms with Gasteiger partial charge in [0, 0.05) is 16.7 Å². The highest BCUT2D eigenvalue weighted by Crippen LogP contribution is 2.33. The third-order valence-corrected chi connectivity index (χ3v) is 6.66. The highest BCUT2D eigenvalue weighted by molar-refractivity contribution is 14.1.